The first-order valence-corrected chi connectivity index (χ1v) is 11.7. The summed E-state index contributed by atoms with van der Waals surface area (Å²) in [7, 11) is 0. The normalized spacial score (nSPS) is 17.6. The van der Waals surface area contributed by atoms with Crippen LogP contribution in [-0.2, 0) is 9.59 Å². The first kappa shape index (κ1) is 23.6. The van der Waals surface area contributed by atoms with Crippen molar-refractivity contribution >= 4 is 34.5 Å². The number of carbonyl (C=O) groups is 2. The number of amides is 1. The molecule has 34 heavy (non-hydrogen) atoms. The van der Waals surface area contributed by atoms with Gasteiger partial charge in [-0.1, -0.05) is 19.9 Å². The maximum Gasteiger partial charge on any atom is 0.300 e. The van der Waals surface area contributed by atoms with E-state index in [0.29, 0.717) is 28.9 Å². The second-order valence-electron chi connectivity index (χ2n) is 8.12. The Balaban J connectivity index is 1.91. The molecule has 1 amide bonds. The van der Waals surface area contributed by atoms with Crippen LogP contribution in [0.4, 0.5) is 14.5 Å². The zero-order valence-electron chi connectivity index (χ0n) is 18.8. The molecular weight excluding hydrogens is 460 g/mol. The molecule has 1 aliphatic rings. The molecule has 3 aromatic rings. The van der Waals surface area contributed by atoms with Gasteiger partial charge in [-0.25, -0.2) is 8.78 Å². The minimum Gasteiger partial charge on any atom is -0.507 e. The molecule has 4 rings (SSSR count). The fourth-order valence-electron chi connectivity index (χ4n) is 4.06. The van der Waals surface area contributed by atoms with Crippen molar-refractivity contribution in [3.05, 3.63) is 87.1 Å². The fraction of sp³-hybridized carbons (Fsp3) is 0.231. The molecule has 1 aliphatic heterocycles. The van der Waals surface area contributed by atoms with Crippen LogP contribution in [0.3, 0.4) is 0 Å². The molecule has 0 spiro atoms. The lowest BCUT2D eigenvalue weighted by Crippen LogP contribution is -2.30. The van der Waals surface area contributed by atoms with Crippen LogP contribution in [0, 0.1) is 11.6 Å². The molecule has 1 aromatic heterocycles. The molecule has 1 unspecified atom stereocenters. The van der Waals surface area contributed by atoms with Crippen molar-refractivity contribution in [3.63, 3.8) is 0 Å². The maximum atomic E-state index is 14.7. The predicted octanol–water partition coefficient (Wildman–Crippen LogP) is 6.17. The van der Waals surface area contributed by atoms with E-state index in [-0.39, 0.29) is 22.9 Å². The van der Waals surface area contributed by atoms with Crippen LogP contribution in [0.1, 0.15) is 48.7 Å². The van der Waals surface area contributed by atoms with Crippen molar-refractivity contribution in [2.24, 2.45) is 0 Å². The Kier molecular flexibility index (Phi) is 6.52. The lowest BCUT2D eigenvalue weighted by Gasteiger charge is -2.24. The molecule has 5 nitrogen and oxygen atoms in total. The number of rotatable bonds is 6. The molecule has 0 bridgehead atoms. The van der Waals surface area contributed by atoms with Gasteiger partial charge in [0, 0.05) is 16.5 Å². The van der Waals surface area contributed by atoms with Gasteiger partial charge >= 0.3 is 0 Å². The molecule has 2 heterocycles. The van der Waals surface area contributed by atoms with Crippen LogP contribution in [0.5, 0.6) is 5.75 Å². The van der Waals surface area contributed by atoms with Gasteiger partial charge < -0.3 is 9.84 Å². The van der Waals surface area contributed by atoms with E-state index >= 15 is 0 Å². The molecule has 1 N–H and O–H groups in total. The molecule has 0 radical (unpaired) electrons. The number of ether oxygens (including phenoxy) is 1. The molecule has 0 saturated carbocycles. The van der Waals surface area contributed by atoms with Crippen molar-refractivity contribution in [1.82, 2.24) is 0 Å². The molecule has 1 fully saturated rings. The van der Waals surface area contributed by atoms with Gasteiger partial charge in [0.15, 0.2) is 0 Å². The number of ketones is 1. The van der Waals surface area contributed by atoms with E-state index in [0.717, 1.165) is 22.6 Å². The van der Waals surface area contributed by atoms with Crippen LogP contribution >= 0.6 is 11.3 Å². The molecule has 176 valence electrons. The SMILES string of the molecule is CCOc1ccc(/C(O)=C2/C(=O)C(=O)N(c3ccc(F)cc3F)C2c2cccs2)cc1C(C)C. The molecule has 1 saturated heterocycles. The summed E-state index contributed by atoms with van der Waals surface area (Å²) < 4.78 is 33.9. The fourth-order valence-corrected chi connectivity index (χ4v) is 4.89. The number of anilines is 1. The minimum atomic E-state index is -1.06. The highest BCUT2D eigenvalue weighted by molar-refractivity contribution is 7.10. The Bertz CT molecular complexity index is 1280. The largest absolute Gasteiger partial charge is 0.507 e. The summed E-state index contributed by atoms with van der Waals surface area (Å²) in [5.74, 6) is -3.37. The standard InChI is InChI=1S/C26H23F2NO4S/c1-4-33-20-10-7-15(12-17(20)14(2)3)24(30)22-23(21-6-5-11-34-21)29(26(32)25(22)31)19-9-8-16(27)13-18(19)28/h5-14,23,30H,4H2,1-3H3/b24-22-. The topological polar surface area (TPSA) is 66.8 Å². The second kappa shape index (κ2) is 9.38. The number of halogens is 2. The van der Waals surface area contributed by atoms with Crippen molar-refractivity contribution in [2.75, 3.05) is 11.5 Å². The number of carbonyl (C=O) groups excluding carboxylic acids is 2. The summed E-state index contributed by atoms with van der Waals surface area (Å²) in [6.07, 6.45) is 0. The third kappa shape index (κ3) is 4.09. The van der Waals surface area contributed by atoms with E-state index in [1.54, 1.807) is 35.7 Å². The van der Waals surface area contributed by atoms with Gasteiger partial charge in [-0.3, -0.25) is 14.5 Å². The number of hydrogen-bond acceptors (Lipinski definition) is 5. The molecule has 8 heteroatoms. The van der Waals surface area contributed by atoms with Crippen LogP contribution in [0.2, 0.25) is 0 Å². The van der Waals surface area contributed by atoms with E-state index < -0.39 is 29.4 Å². The van der Waals surface area contributed by atoms with Crippen molar-refractivity contribution < 1.29 is 28.2 Å². The highest BCUT2D eigenvalue weighted by Gasteiger charge is 2.48. The first-order chi connectivity index (χ1) is 16.2. The molecular formula is C26H23F2NO4S. The van der Waals surface area contributed by atoms with E-state index in [9.17, 15) is 23.5 Å². The van der Waals surface area contributed by atoms with Gasteiger partial charge in [0.05, 0.1) is 17.9 Å². The zero-order valence-corrected chi connectivity index (χ0v) is 19.7. The summed E-state index contributed by atoms with van der Waals surface area (Å²) in [4.78, 5) is 27.7. The summed E-state index contributed by atoms with van der Waals surface area (Å²) in [5, 5.41) is 13.0. The minimum absolute atomic E-state index is 0.0677. The van der Waals surface area contributed by atoms with Crippen molar-refractivity contribution in [2.45, 2.75) is 32.7 Å². The van der Waals surface area contributed by atoms with E-state index in [2.05, 4.69) is 0 Å². The number of nitrogens with zero attached hydrogens (tertiary/aromatic N) is 1. The summed E-state index contributed by atoms with van der Waals surface area (Å²) >= 11 is 1.26. The van der Waals surface area contributed by atoms with Crippen LogP contribution in [0.25, 0.3) is 5.76 Å². The highest BCUT2D eigenvalue weighted by atomic mass is 32.1. The Labute approximate surface area is 199 Å². The lowest BCUT2D eigenvalue weighted by atomic mass is 9.95. The lowest BCUT2D eigenvalue weighted by molar-refractivity contribution is -0.132. The van der Waals surface area contributed by atoms with Gasteiger partial charge in [-0.2, -0.15) is 0 Å². The first-order valence-electron chi connectivity index (χ1n) is 10.8. The number of aliphatic hydroxyl groups is 1. The smallest absolute Gasteiger partial charge is 0.300 e. The number of benzene rings is 2. The van der Waals surface area contributed by atoms with Gasteiger partial charge in [-0.05, 0) is 60.2 Å². The third-order valence-corrected chi connectivity index (χ3v) is 6.56. The summed E-state index contributed by atoms with van der Waals surface area (Å²) in [5.41, 5.74) is 0.772. The highest BCUT2D eigenvalue weighted by Crippen LogP contribution is 2.44. The Morgan fingerprint density at radius 1 is 1.15 bits per heavy atom. The number of thiophene rings is 1. The van der Waals surface area contributed by atoms with Gasteiger partial charge in [0.2, 0.25) is 0 Å². The number of Topliss-reactive ketones (excluding diaryl/α,β-unsaturated/α-hetero) is 1. The van der Waals surface area contributed by atoms with E-state index in [1.807, 2.05) is 20.8 Å². The van der Waals surface area contributed by atoms with Gasteiger partial charge in [0.1, 0.15) is 29.2 Å². The quantitative estimate of drug-likeness (QED) is 0.259. The summed E-state index contributed by atoms with van der Waals surface area (Å²) in [6, 6.07) is 10.2. The average molecular weight is 484 g/mol. The monoisotopic (exact) mass is 483 g/mol. The van der Waals surface area contributed by atoms with Crippen LogP contribution < -0.4 is 9.64 Å². The van der Waals surface area contributed by atoms with Crippen molar-refractivity contribution in [3.8, 4) is 5.75 Å². The Morgan fingerprint density at radius 2 is 1.91 bits per heavy atom. The summed E-state index contributed by atoms with van der Waals surface area (Å²) in [6.45, 7) is 6.29. The second-order valence-corrected chi connectivity index (χ2v) is 9.10. The Hall–Kier alpha value is -3.52. The van der Waals surface area contributed by atoms with E-state index in [4.69, 9.17) is 4.74 Å². The van der Waals surface area contributed by atoms with Crippen LogP contribution in [0.15, 0.2) is 59.5 Å². The molecule has 2 aromatic carbocycles. The molecule has 1 atom stereocenters. The third-order valence-electron chi connectivity index (χ3n) is 5.63. The number of hydrogen-bond donors (Lipinski definition) is 1. The van der Waals surface area contributed by atoms with Crippen LogP contribution in [-0.4, -0.2) is 23.4 Å². The molecule has 0 aliphatic carbocycles. The van der Waals surface area contributed by atoms with Gasteiger partial charge in [-0.15, -0.1) is 11.3 Å². The maximum absolute atomic E-state index is 14.7. The zero-order chi connectivity index (χ0) is 24.6. The van der Waals surface area contributed by atoms with Gasteiger partial charge in [0.25, 0.3) is 11.7 Å². The predicted molar refractivity (Wildman–Crippen MR) is 127 cm³/mol. The Morgan fingerprint density at radius 3 is 2.53 bits per heavy atom. The van der Waals surface area contributed by atoms with E-state index in [1.165, 1.54) is 11.3 Å². The van der Waals surface area contributed by atoms with Crippen molar-refractivity contribution in [1.29, 1.82) is 0 Å². The number of aliphatic hydroxyl groups excluding tert-OH is 1. The average Bonchev–Trinajstić information content (AvgIpc) is 3.41.